The number of pyridine rings is 1. The Balaban J connectivity index is 1.57. The zero-order valence-corrected chi connectivity index (χ0v) is 14.2. The van der Waals surface area contributed by atoms with Crippen LogP contribution in [0.5, 0.6) is 0 Å². The van der Waals surface area contributed by atoms with Gasteiger partial charge in [-0.05, 0) is 17.7 Å². The van der Waals surface area contributed by atoms with Gasteiger partial charge < -0.3 is 4.90 Å². The fraction of sp³-hybridized carbons (Fsp3) is 0.438. The summed E-state index contributed by atoms with van der Waals surface area (Å²) in [7, 11) is 1.81. The average molecular weight is 368 g/mol. The maximum Gasteiger partial charge on any atom is 0.401 e. The van der Waals surface area contributed by atoms with Gasteiger partial charge >= 0.3 is 12.2 Å². The lowest BCUT2D eigenvalue weighted by molar-refractivity contribution is -0.148. The van der Waals surface area contributed by atoms with Crippen LogP contribution in [0.2, 0.25) is 0 Å². The first-order valence-electron chi connectivity index (χ1n) is 8.10. The third-order valence-electron chi connectivity index (χ3n) is 4.10. The van der Waals surface area contributed by atoms with Crippen LogP contribution in [0, 0.1) is 0 Å². The van der Waals surface area contributed by atoms with Gasteiger partial charge in [-0.1, -0.05) is 0 Å². The van der Waals surface area contributed by atoms with Crippen LogP contribution in [0.15, 0.2) is 30.7 Å². The molecule has 3 heterocycles. The zero-order chi connectivity index (χ0) is 18.7. The molecule has 1 fully saturated rings. The van der Waals surface area contributed by atoms with Crippen LogP contribution in [0.3, 0.4) is 0 Å². The van der Waals surface area contributed by atoms with Crippen LogP contribution in [0.1, 0.15) is 0 Å². The van der Waals surface area contributed by atoms with Gasteiger partial charge in [0.15, 0.2) is 0 Å². The van der Waals surface area contributed by atoms with Crippen molar-refractivity contribution < 1.29 is 18.0 Å². The molecule has 2 aromatic heterocycles. The van der Waals surface area contributed by atoms with Gasteiger partial charge in [0.25, 0.3) is 0 Å². The Labute approximate surface area is 148 Å². The zero-order valence-electron chi connectivity index (χ0n) is 14.2. The third kappa shape index (κ3) is 4.72. The third-order valence-corrected chi connectivity index (χ3v) is 4.10. The van der Waals surface area contributed by atoms with Gasteiger partial charge in [-0.25, -0.2) is 9.78 Å². The van der Waals surface area contributed by atoms with E-state index in [1.165, 1.54) is 9.80 Å². The minimum absolute atomic E-state index is 0.191. The minimum Gasteiger partial charge on any atom is -0.322 e. The predicted molar refractivity (Wildman–Crippen MR) is 89.5 cm³/mol. The summed E-state index contributed by atoms with van der Waals surface area (Å²) in [6, 6.07) is 3.17. The number of alkyl halides is 3. The van der Waals surface area contributed by atoms with Crippen molar-refractivity contribution >= 4 is 11.8 Å². The number of halogens is 3. The van der Waals surface area contributed by atoms with Gasteiger partial charge in [-0.3, -0.25) is 14.9 Å². The number of carbonyl (C=O) groups excluding carboxylic acids is 1. The quantitative estimate of drug-likeness (QED) is 0.902. The summed E-state index contributed by atoms with van der Waals surface area (Å²) in [5.41, 5.74) is 1.75. The van der Waals surface area contributed by atoms with Crippen molar-refractivity contribution in [3.63, 3.8) is 0 Å². The van der Waals surface area contributed by atoms with Gasteiger partial charge in [-0.2, -0.15) is 18.3 Å². The van der Waals surface area contributed by atoms with Gasteiger partial charge in [0.05, 0.1) is 12.7 Å². The van der Waals surface area contributed by atoms with E-state index in [1.54, 1.807) is 23.1 Å². The lowest BCUT2D eigenvalue weighted by atomic mass is 10.1. The summed E-state index contributed by atoms with van der Waals surface area (Å²) in [5.74, 6) is 0.383. The Kier molecular flexibility index (Phi) is 5.12. The summed E-state index contributed by atoms with van der Waals surface area (Å²) in [5, 5.41) is 6.80. The van der Waals surface area contributed by atoms with E-state index in [-0.39, 0.29) is 32.2 Å². The summed E-state index contributed by atoms with van der Waals surface area (Å²) in [6.07, 6.45) is 0.919. The second kappa shape index (κ2) is 7.32. The molecule has 10 heteroatoms. The first kappa shape index (κ1) is 18.2. The molecule has 26 heavy (non-hydrogen) atoms. The summed E-state index contributed by atoms with van der Waals surface area (Å²) in [6.45, 7) is -0.0856. The fourth-order valence-electron chi connectivity index (χ4n) is 2.80. The molecule has 0 atom stereocenters. The van der Waals surface area contributed by atoms with E-state index in [4.69, 9.17) is 0 Å². The van der Waals surface area contributed by atoms with E-state index in [0.29, 0.717) is 5.82 Å². The molecule has 0 radical (unpaired) electrons. The lowest BCUT2D eigenvalue weighted by Crippen LogP contribution is -2.52. The smallest absolute Gasteiger partial charge is 0.322 e. The van der Waals surface area contributed by atoms with E-state index >= 15 is 0 Å². The van der Waals surface area contributed by atoms with Crippen molar-refractivity contribution in [1.29, 1.82) is 0 Å². The van der Waals surface area contributed by atoms with Crippen molar-refractivity contribution in [2.45, 2.75) is 6.18 Å². The van der Waals surface area contributed by atoms with Crippen molar-refractivity contribution in [3.8, 4) is 11.1 Å². The Morgan fingerprint density at radius 2 is 1.96 bits per heavy atom. The highest BCUT2D eigenvalue weighted by Crippen LogP contribution is 2.21. The molecule has 1 saturated heterocycles. The van der Waals surface area contributed by atoms with Crippen molar-refractivity contribution in [3.05, 3.63) is 30.7 Å². The second-order valence-electron chi connectivity index (χ2n) is 6.14. The molecule has 7 nitrogen and oxygen atoms in total. The standard InChI is InChI=1S/C16H19F3N6O/c1-23-10-13(9-21-23)12-2-3-20-14(8-12)22-15(26)25-6-4-24(5-7-25)11-16(17,18)19/h2-3,8-10H,4-7,11H2,1H3,(H,20,22,26). The Hall–Kier alpha value is -2.62. The van der Waals surface area contributed by atoms with Crippen molar-refractivity contribution in [2.75, 3.05) is 38.0 Å². The van der Waals surface area contributed by atoms with E-state index in [2.05, 4.69) is 15.4 Å². The molecule has 0 unspecified atom stereocenters. The van der Waals surface area contributed by atoms with Gasteiger partial charge in [0.2, 0.25) is 0 Å². The average Bonchev–Trinajstić information content (AvgIpc) is 3.01. The van der Waals surface area contributed by atoms with Crippen LogP contribution in [-0.2, 0) is 7.05 Å². The molecule has 1 aliphatic rings. The monoisotopic (exact) mass is 368 g/mol. The minimum atomic E-state index is -4.22. The molecule has 0 spiro atoms. The maximum atomic E-state index is 12.4. The molecule has 2 amide bonds. The highest BCUT2D eigenvalue weighted by atomic mass is 19.4. The topological polar surface area (TPSA) is 66.3 Å². The fourth-order valence-corrected chi connectivity index (χ4v) is 2.80. The SMILES string of the molecule is Cn1cc(-c2ccnc(NC(=O)N3CCN(CC(F)(F)F)CC3)c2)cn1. The molecule has 0 saturated carbocycles. The van der Waals surface area contributed by atoms with E-state index in [1.807, 2.05) is 19.3 Å². The molecule has 1 N–H and O–H groups in total. The number of anilines is 1. The largest absolute Gasteiger partial charge is 0.401 e. The molecular weight excluding hydrogens is 349 g/mol. The van der Waals surface area contributed by atoms with Gasteiger partial charge in [-0.15, -0.1) is 0 Å². The number of hydrogen-bond donors (Lipinski definition) is 1. The molecule has 0 bridgehead atoms. The number of amides is 2. The number of urea groups is 1. The van der Waals surface area contributed by atoms with E-state index < -0.39 is 12.7 Å². The predicted octanol–water partition coefficient (Wildman–Crippen LogP) is 2.19. The Morgan fingerprint density at radius 1 is 1.23 bits per heavy atom. The molecule has 140 valence electrons. The molecular formula is C16H19F3N6O. The number of aromatic nitrogens is 3. The van der Waals surface area contributed by atoms with Gasteiger partial charge in [0.1, 0.15) is 5.82 Å². The number of piperazine rings is 1. The first-order chi connectivity index (χ1) is 12.3. The number of aryl methyl sites for hydroxylation is 1. The first-order valence-corrected chi connectivity index (χ1v) is 8.10. The van der Waals surface area contributed by atoms with Crippen molar-refractivity contribution in [1.82, 2.24) is 24.6 Å². The molecule has 2 aromatic rings. The molecule has 3 rings (SSSR count). The van der Waals surface area contributed by atoms with Gasteiger partial charge in [0, 0.05) is 51.2 Å². The molecule has 0 aromatic carbocycles. The number of nitrogens with zero attached hydrogens (tertiary/aromatic N) is 5. The number of hydrogen-bond acceptors (Lipinski definition) is 4. The maximum absolute atomic E-state index is 12.4. The summed E-state index contributed by atoms with van der Waals surface area (Å²) >= 11 is 0. The Bertz CT molecular complexity index is 767. The summed E-state index contributed by atoms with van der Waals surface area (Å²) < 4.78 is 38.9. The van der Waals surface area contributed by atoms with Crippen LogP contribution in [0.25, 0.3) is 11.1 Å². The number of carbonyl (C=O) groups is 1. The number of rotatable bonds is 3. The molecule has 0 aliphatic carbocycles. The van der Waals surface area contributed by atoms with E-state index in [9.17, 15) is 18.0 Å². The number of nitrogens with one attached hydrogen (secondary N) is 1. The highest BCUT2D eigenvalue weighted by Gasteiger charge is 2.32. The molecule has 1 aliphatic heterocycles. The van der Waals surface area contributed by atoms with E-state index in [0.717, 1.165) is 11.1 Å². The lowest BCUT2D eigenvalue weighted by Gasteiger charge is -2.34. The summed E-state index contributed by atoms with van der Waals surface area (Å²) in [4.78, 5) is 19.2. The van der Waals surface area contributed by atoms with Crippen LogP contribution in [0.4, 0.5) is 23.8 Å². The van der Waals surface area contributed by atoms with Crippen molar-refractivity contribution in [2.24, 2.45) is 7.05 Å². The Morgan fingerprint density at radius 3 is 2.58 bits per heavy atom. The van der Waals surface area contributed by atoms with Crippen LogP contribution < -0.4 is 5.32 Å². The van der Waals surface area contributed by atoms with Crippen LogP contribution >= 0.6 is 0 Å². The highest BCUT2D eigenvalue weighted by molar-refractivity contribution is 5.89. The normalized spacial score (nSPS) is 15.9. The van der Waals surface area contributed by atoms with Crippen LogP contribution in [-0.4, -0.2) is 69.5 Å². The second-order valence-corrected chi connectivity index (χ2v) is 6.14.